The maximum absolute atomic E-state index is 14.0. The largest absolute Gasteiger partial charge is 0.494 e. The summed E-state index contributed by atoms with van der Waals surface area (Å²) in [6.07, 6.45) is 1.64. The minimum Gasteiger partial charge on any atom is -0.494 e. The minimum atomic E-state index is -0.271. The van der Waals surface area contributed by atoms with Gasteiger partial charge in [-0.1, -0.05) is 30.3 Å². The molecule has 1 N–H and O–H groups in total. The molecule has 0 spiro atoms. The molecule has 0 aliphatic carbocycles. The molecule has 4 nitrogen and oxygen atoms in total. The molecule has 0 bridgehead atoms. The van der Waals surface area contributed by atoms with Gasteiger partial charge in [0.15, 0.2) is 5.65 Å². The zero-order chi connectivity index (χ0) is 17.2. The number of H-pyrrole nitrogens is 1. The number of fused-ring (bicyclic) bond motifs is 1. The van der Waals surface area contributed by atoms with Crippen LogP contribution in [0.1, 0.15) is 6.92 Å². The summed E-state index contributed by atoms with van der Waals surface area (Å²) in [5.74, 6) is 1.23. The fourth-order valence-corrected chi connectivity index (χ4v) is 2.78. The molecule has 0 saturated carbocycles. The van der Waals surface area contributed by atoms with Crippen LogP contribution in [-0.4, -0.2) is 21.6 Å². The molecule has 25 heavy (non-hydrogen) atoms. The van der Waals surface area contributed by atoms with Crippen molar-refractivity contribution >= 4 is 11.2 Å². The van der Waals surface area contributed by atoms with Gasteiger partial charge in [0, 0.05) is 22.9 Å². The Morgan fingerprint density at radius 3 is 2.76 bits per heavy atom. The van der Waals surface area contributed by atoms with E-state index in [2.05, 4.69) is 15.0 Å². The lowest BCUT2D eigenvalue weighted by Gasteiger charge is -2.03. The van der Waals surface area contributed by atoms with Gasteiger partial charge in [0.2, 0.25) is 0 Å². The topological polar surface area (TPSA) is 50.8 Å². The molecular weight excluding hydrogens is 317 g/mol. The second kappa shape index (κ2) is 6.36. The summed E-state index contributed by atoms with van der Waals surface area (Å²) in [5.41, 5.74) is 3.50. The highest BCUT2D eigenvalue weighted by molar-refractivity contribution is 5.81. The number of aromatic amines is 1. The van der Waals surface area contributed by atoms with Crippen LogP contribution in [0, 0.1) is 5.82 Å². The predicted octanol–water partition coefficient (Wildman–Crippen LogP) is 4.83. The van der Waals surface area contributed by atoms with Crippen LogP contribution in [0.5, 0.6) is 5.75 Å². The quantitative estimate of drug-likeness (QED) is 0.582. The lowest BCUT2D eigenvalue weighted by atomic mass is 10.1. The van der Waals surface area contributed by atoms with Crippen molar-refractivity contribution in [3.63, 3.8) is 0 Å². The Hall–Kier alpha value is -3.21. The Bertz CT molecular complexity index is 1040. The van der Waals surface area contributed by atoms with Gasteiger partial charge in [-0.2, -0.15) is 0 Å². The maximum atomic E-state index is 14.0. The normalized spacial score (nSPS) is 11.0. The third-order valence-electron chi connectivity index (χ3n) is 3.94. The number of ether oxygens (including phenoxy) is 1. The van der Waals surface area contributed by atoms with E-state index in [0.29, 0.717) is 29.2 Å². The smallest absolute Gasteiger partial charge is 0.178 e. The van der Waals surface area contributed by atoms with Crippen molar-refractivity contribution in [2.24, 2.45) is 0 Å². The highest BCUT2D eigenvalue weighted by Crippen LogP contribution is 2.27. The van der Waals surface area contributed by atoms with E-state index in [9.17, 15) is 4.39 Å². The van der Waals surface area contributed by atoms with Gasteiger partial charge in [0.1, 0.15) is 17.4 Å². The molecule has 0 aliphatic heterocycles. The van der Waals surface area contributed by atoms with Crippen molar-refractivity contribution in [1.82, 2.24) is 15.0 Å². The second-order valence-electron chi connectivity index (χ2n) is 5.62. The molecule has 2 aromatic heterocycles. The molecule has 124 valence electrons. The van der Waals surface area contributed by atoms with E-state index in [-0.39, 0.29) is 5.82 Å². The summed E-state index contributed by atoms with van der Waals surface area (Å²) in [4.78, 5) is 12.1. The van der Waals surface area contributed by atoms with Gasteiger partial charge in [-0.15, -0.1) is 0 Å². The average Bonchev–Trinajstić information content (AvgIpc) is 3.06. The van der Waals surface area contributed by atoms with Gasteiger partial charge < -0.3 is 9.72 Å². The SMILES string of the molecule is CCOc1cccc(-c2nc3ncc(-c4ccccc4F)cc3[nH]2)c1. The van der Waals surface area contributed by atoms with Crippen LogP contribution >= 0.6 is 0 Å². The Balaban J connectivity index is 1.76. The van der Waals surface area contributed by atoms with E-state index in [4.69, 9.17) is 4.74 Å². The van der Waals surface area contributed by atoms with Crippen LogP contribution in [0.15, 0.2) is 60.8 Å². The van der Waals surface area contributed by atoms with Crippen LogP contribution in [-0.2, 0) is 0 Å². The van der Waals surface area contributed by atoms with Crippen molar-refractivity contribution in [2.75, 3.05) is 6.61 Å². The van der Waals surface area contributed by atoms with Crippen LogP contribution in [0.2, 0.25) is 0 Å². The number of benzene rings is 2. The maximum Gasteiger partial charge on any atom is 0.178 e. The van der Waals surface area contributed by atoms with Crippen molar-refractivity contribution in [3.05, 3.63) is 66.6 Å². The lowest BCUT2D eigenvalue weighted by Crippen LogP contribution is -1.91. The molecule has 0 saturated heterocycles. The van der Waals surface area contributed by atoms with E-state index in [1.807, 2.05) is 37.3 Å². The summed E-state index contributed by atoms with van der Waals surface area (Å²) < 4.78 is 19.5. The van der Waals surface area contributed by atoms with Crippen LogP contribution in [0.3, 0.4) is 0 Å². The number of aromatic nitrogens is 3. The Morgan fingerprint density at radius 2 is 1.92 bits per heavy atom. The van der Waals surface area contributed by atoms with Gasteiger partial charge in [0.25, 0.3) is 0 Å². The first-order valence-corrected chi connectivity index (χ1v) is 8.08. The third kappa shape index (κ3) is 2.96. The molecule has 0 fully saturated rings. The molecule has 0 unspecified atom stereocenters. The Kier molecular flexibility index (Phi) is 3.90. The Labute approximate surface area is 144 Å². The zero-order valence-electron chi connectivity index (χ0n) is 13.7. The van der Waals surface area contributed by atoms with E-state index >= 15 is 0 Å². The zero-order valence-corrected chi connectivity index (χ0v) is 13.7. The molecule has 0 aliphatic rings. The molecule has 0 amide bonds. The Morgan fingerprint density at radius 1 is 1.04 bits per heavy atom. The number of pyridine rings is 1. The number of rotatable bonds is 4. The van der Waals surface area contributed by atoms with Gasteiger partial charge in [-0.3, -0.25) is 0 Å². The number of nitrogens with one attached hydrogen (secondary N) is 1. The standard InChI is InChI=1S/C20H16FN3O/c1-2-25-15-7-5-6-13(10-15)19-23-18-11-14(12-22-20(18)24-19)16-8-3-4-9-17(16)21/h3-12H,2H2,1H3,(H,22,23,24). The van der Waals surface area contributed by atoms with Gasteiger partial charge in [-0.25, -0.2) is 14.4 Å². The summed E-state index contributed by atoms with van der Waals surface area (Å²) in [6.45, 7) is 2.55. The molecule has 2 heterocycles. The summed E-state index contributed by atoms with van der Waals surface area (Å²) in [5, 5.41) is 0. The van der Waals surface area contributed by atoms with E-state index in [0.717, 1.165) is 16.8 Å². The molecule has 2 aromatic carbocycles. The van der Waals surface area contributed by atoms with Crippen LogP contribution in [0.25, 0.3) is 33.7 Å². The number of imidazole rings is 1. The molecule has 5 heteroatoms. The fraction of sp³-hybridized carbons (Fsp3) is 0.100. The first kappa shape index (κ1) is 15.3. The molecule has 4 rings (SSSR count). The molecule has 4 aromatic rings. The summed E-state index contributed by atoms with van der Waals surface area (Å²) in [7, 11) is 0. The van der Waals surface area contributed by atoms with Gasteiger partial charge >= 0.3 is 0 Å². The second-order valence-corrected chi connectivity index (χ2v) is 5.62. The first-order valence-electron chi connectivity index (χ1n) is 8.08. The molecule has 0 radical (unpaired) electrons. The third-order valence-corrected chi connectivity index (χ3v) is 3.94. The van der Waals surface area contributed by atoms with E-state index in [1.54, 1.807) is 24.4 Å². The van der Waals surface area contributed by atoms with Crippen molar-refractivity contribution in [1.29, 1.82) is 0 Å². The predicted molar refractivity (Wildman–Crippen MR) is 95.9 cm³/mol. The first-order chi connectivity index (χ1) is 12.2. The summed E-state index contributed by atoms with van der Waals surface area (Å²) in [6, 6.07) is 16.2. The van der Waals surface area contributed by atoms with Crippen molar-refractivity contribution < 1.29 is 9.13 Å². The fourth-order valence-electron chi connectivity index (χ4n) is 2.78. The average molecular weight is 333 g/mol. The van der Waals surface area contributed by atoms with Crippen LogP contribution in [0.4, 0.5) is 4.39 Å². The molecule has 0 atom stereocenters. The monoisotopic (exact) mass is 333 g/mol. The summed E-state index contributed by atoms with van der Waals surface area (Å²) >= 11 is 0. The van der Waals surface area contributed by atoms with E-state index in [1.165, 1.54) is 6.07 Å². The number of nitrogens with zero attached hydrogens (tertiary/aromatic N) is 2. The van der Waals surface area contributed by atoms with Crippen molar-refractivity contribution in [3.8, 4) is 28.3 Å². The highest BCUT2D eigenvalue weighted by atomic mass is 19.1. The lowest BCUT2D eigenvalue weighted by molar-refractivity contribution is 0.340. The van der Waals surface area contributed by atoms with Gasteiger partial charge in [-0.05, 0) is 31.2 Å². The number of hydrogen-bond acceptors (Lipinski definition) is 3. The number of hydrogen-bond donors (Lipinski definition) is 1. The minimum absolute atomic E-state index is 0.271. The van der Waals surface area contributed by atoms with Crippen molar-refractivity contribution in [2.45, 2.75) is 6.92 Å². The van der Waals surface area contributed by atoms with Crippen LogP contribution < -0.4 is 4.74 Å². The van der Waals surface area contributed by atoms with E-state index < -0.39 is 0 Å². The van der Waals surface area contributed by atoms with Gasteiger partial charge in [0.05, 0.1) is 12.1 Å². The molecular formula is C20H16FN3O. The highest BCUT2D eigenvalue weighted by Gasteiger charge is 2.10. The number of halogens is 1.